The van der Waals surface area contributed by atoms with Crippen LogP contribution in [0.1, 0.15) is 69.8 Å². The van der Waals surface area contributed by atoms with E-state index in [0.29, 0.717) is 34.0 Å². The number of nitriles is 1. The summed E-state index contributed by atoms with van der Waals surface area (Å²) < 4.78 is 0. The number of amidine groups is 1. The van der Waals surface area contributed by atoms with E-state index in [0.717, 1.165) is 70.4 Å². The summed E-state index contributed by atoms with van der Waals surface area (Å²) in [7, 11) is 2.13. The average Bonchev–Trinajstić information content (AvgIpc) is 3.63. The van der Waals surface area contributed by atoms with Gasteiger partial charge in [0.25, 0.3) is 0 Å². The molecule has 1 spiro atoms. The van der Waals surface area contributed by atoms with E-state index >= 15 is 0 Å². The number of anilines is 1. The van der Waals surface area contributed by atoms with Gasteiger partial charge >= 0.3 is 0 Å². The van der Waals surface area contributed by atoms with Crippen molar-refractivity contribution in [1.82, 2.24) is 15.1 Å². The van der Waals surface area contributed by atoms with Crippen LogP contribution in [0.2, 0.25) is 5.02 Å². The molecule has 2 aliphatic carbocycles. The molecule has 1 amide bonds. The Balaban J connectivity index is 1.08. The molecule has 5 aliphatic rings. The van der Waals surface area contributed by atoms with E-state index in [1.165, 1.54) is 31.5 Å². The zero-order chi connectivity index (χ0) is 25.6. The fourth-order valence-electron chi connectivity index (χ4n) is 7.59. The molecule has 0 bridgehead atoms. The van der Waals surface area contributed by atoms with Crippen molar-refractivity contribution in [2.24, 2.45) is 22.4 Å². The van der Waals surface area contributed by atoms with Crippen molar-refractivity contribution in [1.29, 1.82) is 5.26 Å². The summed E-state index contributed by atoms with van der Waals surface area (Å²) in [6.07, 6.45) is 11.6. The molecule has 37 heavy (non-hydrogen) atoms. The summed E-state index contributed by atoms with van der Waals surface area (Å²) in [5.74, 6) is 2.33. The maximum Gasteiger partial charge on any atom is 0.223 e. The zero-order valence-corrected chi connectivity index (χ0v) is 22.7. The molecular formula is C29H39ClN6O. The summed E-state index contributed by atoms with van der Waals surface area (Å²) in [6, 6.07) is 8.58. The van der Waals surface area contributed by atoms with Gasteiger partial charge in [0.05, 0.1) is 22.3 Å². The molecule has 2 atom stereocenters. The van der Waals surface area contributed by atoms with E-state index in [9.17, 15) is 10.1 Å². The summed E-state index contributed by atoms with van der Waals surface area (Å²) in [4.78, 5) is 17.6. The lowest BCUT2D eigenvalue weighted by molar-refractivity contribution is -0.135. The van der Waals surface area contributed by atoms with Gasteiger partial charge < -0.3 is 15.1 Å². The second-order valence-electron chi connectivity index (χ2n) is 12.3. The summed E-state index contributed by atoms with van der Waals surface area (Å²) in [6.45, 7) is 4.12. The number of carbonyl (C=O) groups is 1. The Labute approximate surface area is 225 Å². The number of carbonyl (C=O) groups excluding carboxylic acids is 1. The lowest BCUT2D eigenvalue weighted by Gasteiger charge is -2.52. The van der Waals surface area contributed by atoms with Crippen LogP contribution >= 0.6 is 11.6 Å². The number of likely N-dealkylation sites (tertiary alicyclic amines) is 2. The first-order chi connectivity index (χ1) is 17.9. The van der Waals surface area contributed by atoms with Crippen molar-refractivity contribution in [3.63, 3.8) is 0 Å². The second-order valence-corrected chi connectivity index (χ2v) is 12.7. The van der Waals surface area contributed by atoms with Crippen molar-refractivity contribution in [2.45, 2.75) is 76.3 Å². The largest absolute Gasteiger partial charge is 0.359 e. The van der Waals surface area contributed by atoms with Crippen LogP contribution in [0.25, 0.3) is 0 Å². The van der Waals surface area contributed by atoms with Crippen LogP contribution in [-0.4, -0.2) is 66.9 Å². The fourth-order valence-corrected chi connectivity index (χ4v) is 7.81. The number of amides is 1. The van der Waals surface area contributed by atoms with Gasteiger partial charge in [0.15, 0.2) is 0 Å². The molecule has 0 aromatic heterocycles. The van der Waals surface area contributed by atoms with Crippen molar-refractivity contribution >= 4 is 29.0 Å². The smallest absolute Gasteiger partial charge is 0.223 e. The molecule has 1 unspecified atom stereocenters. The highest BCUT2D eigenvalue weighted by atomic mass is 35.5. The third-order valence-electron chi connectivity index (χ3n) is 9.87. The van der Waals surface area contributed by atoms with Crippen molar-refractivity contribution < 1.29 is 4.79 Å². The topological polar surface area (TPSA) is 75.0 Å². The predicted molar refractivity (Wildman–Crippen MR) is 146 cm³/mol. The number of benzene rings is 1. The molecule has 1 aromatic carbocycles. The molecule has 2 saturated heterocycles. The first-order valence-corrected chi connectivity index (χ1v) is 14.6. The molecule has 3 aliphatic heterocycles. The number of nitrogens with zero attached hydrogens (tertiary/aromatic N) is 5. The molecular weight excluding hydrogens is 484 g/mol. The average molecular weight is 523 g/mol. The van der Waals surface area contributed by atoms with Crippen LogP contribution < -0.4 is 10.3 Å². The third kappa shape index (κ3) is 4.95. The SMILES string of the molecule is CN1CC[C@@H](NC(=O)C2CC3(CCN(C4=NN(c5ccc(C#N)c(Cl)c5)C(C5CCCC5)C4)CC3)C2)C1. The normalized spacial score (nSPS) is 28.4. The molecule has 6 rings (SSSR count). The van der Waals surface area contributed by atoms with Crippen LogP contribution in [0.3, 0.4) is 0 Å². The highest BCUT2D eigenvalue weighted by Gasteiger charge is 2.49. The molecule has 7 nitrogen and oxygen atoms in total. The number of halogens is 1. The number of hydrogen-bond acceptors (Lipinski definition) is 6. The highest BCUT2D eigenvalue weighted by Crippen LogP contribution is 2.53. The molecule has 8 heteroatoms. The Morgan fingerprint density at radius 2 is 1.92 bits per heavy atom. The third-order valence-corrected chi connectivity index (χ3v) is 10.2. The van der Waals surface area contributed by atoms with Gasteiger partial charge in [0.1, 0.15) is 11.9 Å². The van der Waals surface area contributed by atoms with E-state index < -0.39 is 0 Å². The Morgan fingerprint density at radius 3 is 2.57 bits per heavy atom. The molecule has 0 radical (unpaired) electrons. The van der Waals surface area contributed by atoms with Crippen LogP contribution in [0.5, 0.6) is 0 Å². The predicted octanol–water partition coefficient (Wildman–Crippen LogP) is 4.61. The first-order valence-electron chi connectivity index (χ1n) is 14.2. The Hall–Kier alpha value is -2.30. The van der Waals surface area contributed by atoms with Gasteiger partial charge in [-0.05, 0) is 88.1 Å². The monoisotopic (exact) mass is 522 g/mol. The molecule has 3 heterocycles. The second kappa shape index (κ2) is 10.1. The fraction of sp³-hybridized carbons (Fsp3) is 0.690. The summed E-state index contributed by atoms with van der Waals surface area (Å²) >= 11 is 6.40. The van der Waals surface area contributed by atoms with Gasteiger partial charge in [-0.3, -0.25) is 9.80 Å². The molecule has 198 valence electrons. The summed E-state index contributed by atoms with van der Waals surface area (Å²) in [5, 5.41) is 20.5. The number of piperidine rings is 1. The number of likely N-dealkylation sites (N-methyl/N-ethyl adjacent to an activating group) is 1. The van der Waals surface area contributed by atoms with Gasteiger partial charge in [-0.2, -0.15) is 10.4 Å². The minimum atomic E-state index is 0.199. The van der Waals surface area contributed by atoms with E-state index in [1.807, 2.05) is 18.2 Å². The first kappa shape index (κ1) is 25.0. The minimum absolute atomic E-state index is 0.199. The van der Waals surface area contributed by atoms with Gasteiger partial charge in [0, 0.05) is 38.0 Å². The van der Waals surface area contributed by atoms with E-state index in [1.54, 1.807) is 0 Å². The maximum atomic E-state index is 12.8. The lowest BCUT2D eigenvalue weighted by Crippen LogP contribution is -2.53. The lowest BCUT2D eigenvalue weighted by atomic mass is 9.57. The van der Waals surface area contributed by atoms with E-state index in [-0.39, 0.29) is 11.8 Å². The van der Waals surface area contributed by atoms with Gasteiger partial charge in [-0.1, -0.05) is 24.4 Å². The highest BCUT2D eigenvalue weighted by molar-refractivity contribution is 6.32. The standard InChI is InChI=1S/C29H39ClN6O/c1-34-11-8-23(19-34)32-28(37)22-16-29(17-22)9-12-35(13-10-29)27-15-26(20-4-2-3-5-20)36(33-27)24-7-6-21(18-31)25(30)14-24/h6-7,14,20,22-23,26H,2-5,8-13,15-17,19H2,1H3,(H,32,37)/t23-,26?/m1/s1. The Morgan fingerprint density at radius 1 is 1.16 bits per heavy atom. The molecule has 1 N–H and O–H groups in total. The van der Waals surface area contributed by atoms with Crippen LogP contribution in [0, 0.1) is 28.6 Å². The van der Waals surface area contributed by atoms with E-state index in [2.05, 4.69) is 33.2 Å². The number of hydrazone groups is 1. The van der Waals surface area contributed by atoms with Crippen LogP contribution in [0.4, 0.5) is 5.69 Å². The molecule has 2 saturated carbocycles. The number of hydrogen-bond donors (Lipinski definition) is 1. The van der Waals surface area contributed by atoms with Crippen molar-refractivity contribution in [3.05, 3.63) is 28.8 Å². The van der Waals surface area contributed by atoms with Crippen LogP contribution in [0.15, 0.2) is 23.3 Å². The number of rotatable bonds is 4. The van der Waals surface area contributed by atoms with E-state index in [4.69, 9.17) is 16.7 Å². The van der Waals surface area contributed by atoms with Gasteiger partial charge in [-0.15, -0.1) is 0 Å². The van der Waals surface area contributed by atoms with Gasteiger partial charge in [-0.25, -0.2) is 0 Å². The Bertz CT molecular complexity index is 1090. The summed E-state index contributed by atoms with van der Waals surface area (Å²) in [5.41, 5.74) is 1.84. The zero-order valence-electron chi connectivity index (χ0n) is 22.0. The van der Waals surface area contributed by atoms with Crippen LogP contribution in [-0.2, 0) is 4.79 Å². The van der Waals surface area contributed by atoms with Gasteiger partial charge in [0.2, 0.25) is 5.91 Å². The maximum absolute atomic E-state index is 12.8. The Kier molecular flexibility index (Phi) is 6.83. The van der Waals surface area contributed by atoms with Crippen molar-refractivity contribution in [3.8, 4) is 6.07 Å². The minimum Gasteiger partial charge on any atom is -0.359 e. The quantitative estimate of drug-likeness (QED) is 0.625. The molecule has 1 aromatic rings. The van der Waals surface area contributed by atoms with Crippen molar-refractivity contribution in [2.75, 3.05) is 38.2 Å². The molecule has 4 fully saturated rings. The number of nitrogens with one attached hydrogen (secondary N) is 1.